The van der Waals surface area contributed by atoms with Crippen molar-refractivity contribution in [1.82, 2.24) is 9.36 Å². The van der Waals surface area contributed by atoms with E-state index in [2.05, 4.69) is 9.36 Å². The van der Waals surface area contributed by atoms with Gasteiger partial charge in [0.1, 0.15) is 10.8 Å². The summed E-state index contributed by atoms with van der Waals surface area (Å²) in [6.07, 6.45) is 0.391. The van der Waals surface area contributed by atoms with Crippen LogP contribution in [0.25, 0.3) is 11.4 Å². The fraction of sp³-hybridized carbons (Fsp3) is 0.308. The van der Waals surface area contributed by atoms with E-state index in [9.17, 15) is 4.79 Å². The Balaban J connectivity index is 2.14. The standard InChI is InChI=1S/C13H14N2OS/c1-9(2)11(16)8-12-14-13(15-17-12)10-6-4-3-5-7-10/h3-7,9H,8H2,1-2H3. The highest BCUT2D eigenvalue weighted by molar-refractivity contribution is 7.05. The molecule has 17 heavy (non-hydrogen) atoms. The van der Waals surface area contributed by atoms with E-state index in [0.717, 1.165) is 10.6 Å². The van der Waals surface area contributed by atoms with Gasteiger partial charge in [-0.25, -0.2) is 4.98 Å². The fourth-order valence-electron chi connectivity index (χ4n) is 1.38. The molecule has 0 saturated heterocycles. The second-order valence-corrected chi connectivity index (χ2v) is 5.01. The molecular weight excluding hydrogens is 232 g/mol. The van der Waals surface area contributed by atoms with Crippen LogP contribution in [0.4, 0.5) is 0 Å². The number of aromatic nitrogens is 2. The molecule has 0 fully saturated rings. The molecule has 88 valence electrons. The first-order valence-corrected chi connectivity index (χ1v) is 6.35. The van der Waals surface area contributed by atoms with Crippen LogP contribution in [0.5, 0.6) is 0 Å². The lowest BCUT2D eigenvalue weighted by Gasteiger charge is -1.99. The topological polar surface area (TPSA) is 42.9 Å². The average Bonchev–Trinajstić information content (AvgIpc) is 2.78. The number of ketones is 1. The summed E-state index contributed by atoms with van der Waals surface area (Å²) in [7, 11) is 0. The molecule has 0 amide bonds. The molecule has 0 spiro atoms. The minimum Gasteiger partial charge on any atom is -0.299 e. The zero-order chi connectivity index (χ0) is 12.3. The highest BCUT2D eigenvalue weighted by atomic mass is 32.1. The van der Waals surface area contributed by atoms with Crippen molar-refractivity contribution >= 4 is 17.3 Å². The molecule has 0 saturated carbocycles. The largest absolute Gasteiger partial charge is 0.299 e. The number of hydrogen-bond donors (Lipinski definition) is 0. The maximum atomic E-state index is 11.6. The number of benzene rings is 1. The molecule has 1 heterocycles. The van der Waals surface area contributed by atoms with E-state index in [-0.39, 0.29) is 11.7 Å². The van der Waals surface area contributed by atoms with Gasteiger partial charge in [0.05, 0.1) is 6.42 Å². The van der Waals surface area contributed by atoms with Crippen molar-refractivity contribution in [1.29, 1.82) is 0 Å². The average molecular weight is 246 g/mol. The van der Waals surface area contributed by atoms with Crippen molar-refractivity contribution < 1.29 is 4.79 Å². The Morgan fingerprint density at radius 3 is 2.65 bits per heavy atom. The summed E-state index contributed by atoms with van der Waals surface area (Å²) in [5.74, 6) is 0.974. The van der Waals surface area contributed by atoms with Crippen LogP contribution >= 0.6 is 11.5 Å². The Labute approximate surface area is 105 Å². The smallest absolute Gasteiger partial charge is 0.173 e. The monoisotopic (exact) mass is 246 g/mol. The summed E-state index contributed by atoms with van der Waals surface area (Å²) in [6, 6.07) is 9.80. The summed E-state index contributed by atoms with van der Waals surface area (Å²) in [6.45, 7) is 3.81. The van der Waals surface area contributed by atoms with Crippen LogP contribution in [-0.2, 0) is 11.2 Å². The van der Waals surface area contributed by atoms with E-state index in [1.165, 1.54) is 11.5 Å². The third-order valence-electron chi connectivity index (χ3n) is 2.47. The van der Waals surface area contributed by atoms with E-state index in [0.29, 0.717) is 12.2 Å². The van der Waals surface area contributed by atoms with E-state index >= 15 is 0 Å². The lowest BCUT2D eigenvalue weighted by molar-refractivity contribution is -0.121. The molecule has 0 aliphatic rings. The number of carbonyl (C=O) groups excluding carboxylic acids is 1. The molecule has 0 N–H and O–H groups in total. The molecule has 0 radical (unpaired) electrons. The first-order chi connectivity index (χ1) is 8.16. The van der Waals surface area contributed by atoms with Gasteiger partial charge in [-0.3, -0.25) is 4.79 Å². The summed E-state index contributed by atoms with van der Waals surface area (Å²) in [4.78, 5) is 16.0. The van der Waals surface area contributed by atoms with E-state index in [4.69, 9.17) is 0 Å². The van der Waals surface area contributed by atoms with Gasteiger partial charge in [0.25, 0.3) is 0 Å². The van der Waals surface area contributed by atoms with E-state index < -0.39 is 0 Å². The number of nitrogens with zero attached hydrogens (tertiary/aromatic N) is 2. The Kier molecular flexibility index (Phi) is 3.64. The third-order valence-corrected chi connectivity index (χ3v) is 3.18. The normalized spacial score (nSPS) is 10.8. The third kappa shape index (κ3) is 2.97. The predicted octanol–water partition coefficient (Wildman–Crippen LogP) is 2.97. The van der Waals surface area contributed by atoms with Crippen molar-refractivity contribution in [3.63, 3.8) is 0 Å². The van der Waals surface area contributed by atoms with Crippen molar-refractivity contribution in [3.8, 4) is 11.4 Å². The summed E-state index contributed by atoms with van der Waals surface area (Å²) >= 11 is 1.31. The second kappa shape index (κ2) is 5.19. The zero-order valence-corrected chi connectivity index (χ0v) is 10.7. The number of carbonyl (C=O) groups is 1. The molecule has 0 atom stereocenters. The van der Waals surface area contributed by atoms with Crippen LogP contribution in [0.2, 0.25) is 0 Å². The minimum atomic E-state index is 0.0547. The molecule has 4 heteroatoms. The van der Waals surface area contributed by atoms with Crippen LogP contribution in [0.15, 0.2) is 30.3 Å². The molecule has 0 bridgehead atoms. The first kappa shape index (κ1) is 11.9. The Hall–Kier alpha value is -1.55. The Morgan fingerprint density at radius 1 is 1.29 bits per heavy atom. The van der Waals surface area contributed by atoms with Gasteiger partial charge in [-0.05, 0) is 11.5 Å². The second-order valence-electron chi connectivity index (χ2n) is 4.18. The number of rotatable bonds is 4. The summed E-state index contributed by atoms with van der Waals surface area (Å²) < 4.78 is 4.28. The highest BCUT2D eigenvalue weighted by Crippen LogP contribution is 2.18. The molecule has 2 rings (SSSR count). The van der Waals surface area contributed by atoms with Crippen LogP contribution in [-0.4, -0.2) is 15.1 Å². The molecule has 0 aliphatic heterocycles. The molecular formula is C13H14N2OS. The Bertz CT molecular complexity index is 505. The number of Topliss-reactive ketones (excluding diaryl/α,β-unsaturated/α-hetero) is 1. The van der Waals surface area contributed by atoms with Crippen LogP contribution in [0.3, 0.4) is 0 Å². The molecule has 0 unspecified atom stereocenters. The van der Waals surface area contributed by atoms with Crippen molar-refractivity contribution in [2.24, 2.45) is 5.92 Å². The molecule has 0 aliphatic carbocycles. The van der Waals surface area contributed by atoms with Crippen LogP contribution in [0.1, 0.15) is 18.9 Å². The van der Waals surface area contributed by atoms with Gasteiger partial charge in [0.2, 0.25) is 0 Å². The molecule has 1 aromatic heterocycles. The lowest BCUT2D eigenvalue weighted by Crippen LogP contribution is -2.09. The van der Waals surface area contributed by atoms with Crippen LogP contribution < -0.4 is 0 Å². The highest BCUT2D eigenvalue weighted by Gasteiger charge is 2.12. The molecule has 1 aromatic carbocycles. The van der Waals surface area contributed by atoms with Gasteiger partial charge in [-0.2, -0.15) is 4.37 Å². The maximum Gasteiger partial charge on any atom is 0.173 e. The summed E-state index contributed by atoms with van der Waals surface area (Å²) in [5.41, 5.74) is 0.993. The number of hydrogen-bond acceptors (Lipinski definition) is 4. The SMILES string of the molecule is CC(C)C(=O)Cc1nc(-c2ccccc2)ns1. The first-order valence-electron chi connectivity index (χ1n) is 5.57. The van der Waals surface area contributed by atoms with Gasteiger partial charge >= 0.3 is 0 Å². The molecule has 3 nitrogen and oxygen atoms in total. The van der Waals surface area contributed by atoms with Crippen LogP contribution in [0, 0.1) is 5.92 Å². The van der Waals surface area contributed by atoms with Gasteiger partial charge in [-0.1, -0.05) is 44.2 Å². The van der Waals surface area contributed by atoms with Gasteiger partial charge in [0, 0.05) is 11.5 Å². The predicted molar refractivity (Wildman–Crippen MR) is 68.9 cm³/mol. The summed E-state index contributed by atoms with van der Waals surface area (Å²) in [5, 5.41) is 0.794. The van der Waals surface area contributed by atoms with E-state index in [1.807, 2.05) is 44.2 Å². The van der Waals surface area contributed by atoms with Crippen molar-refractivity contribution in [2.45, 2.75) is 20.3 Å². The molecule has 2 aromatic rings. The zero-order valence-electron chi connectivity index (χ0n) is 9.88. The quantitative estimate of drug-likeness (QED) is 0.833. The van der Waals surface area contributed by atoms with Crippen molar-refractivity contribution in [3.05, 3.63) is 35.3 Å². The van der Waals surface area contributed by atoms with Crippen molar-refractivity contribution in [2.75, 3.05) is 0 Å². The van der Waals surface area contributed by atoms with E-state index in [1.54, 1.807) is 0 Å². The van der Waals surface area contributed by atoms with Gasteiger partial charge in [-0.15, -0.1) is 0 Å². The van der Waals surface area contributed by atoms with Gasteiger partial charge in [0.15, 0.2) is 5.82 Å². The lowest BCUT2D eigenvalue weighted by atomic mass is 10.1. The Morgan fingerprint density at radius 2 is 2.00 bits per heavy atom. The minimum absolute atomic E-state index is 0.0547. The maximum absolute atomic E-state index is 11.6. The van der Waals surface area contributed by atoms with Gasteiger partial charge < -0.3 is 0 Å². The fourth-order valence-corrected chi connectivity index (χ4v) is 2.06.